The molecule has 2 unspecified atom stereocenters. The van der Waals surface area contributed by atoms with E-state index >= 15 is 0 Å². The Morgan fingerprint density at radius 1 is 1.06 bits per heavy atom. The van der Waals surface area contributed by atoms with E-state index in [1.54, 1.807) is 0 Å². The van der Waals surface area contributed by atoms with Gasteiger partial charge in [0.1, 0.15) is 11.9 Å². The minimum absolute atomic E-state index is 0.0114. The molecule has 1 aromatic carbocycles. The lowest BCUT2D eigenvalue weighted by atomic mass is 9.78. The smallest absolute Gasteiger partial charge is 0.327 e. The number of benzene rings is 1. The molecule has 0 aliphatic carbocycles. The summed E-state index contributed by atoms with van der Waals surface area (Å²) in [6, 6.07) is 4.07. The third kappa shape index (κ3) is 10.2. The average Bonchev–Trinajstić information content (AvgIpc) is 2.69. The van der Waals surface area contributed by atoms with Crippen molar-refractivity contribution in [2.45, 2.75) is 104 Å². The molecule has 7 heteroatoms. The highest BCUT2D eigenvalue weighted by molar-refractivity contribution is 7.52. The predicted octanol–water partition coefficient (Wildman–Crippen LogP) is 6.90. The summed E-state index contributed by atoms with van der Waals surface area (Å²) in [6.45, 7) is 16.0. The Balaban J connectivity index is 3.10. The lowest BCUT2D eigenvalue weighted by Crippen LogP contribution is -2.24. The molecule has 0 radical (unpaired) electrons. The number of phenols is 1. The molecule has 1 aromatic rings. The van der Waals surface area contributed by atoms with Crippen molar-refractivity contribution in [1.29, 1.82) is 0 Å². The van der Waals surface area contributed by atoms with Gasteiger partial charge in [-0.2, -0.15) is 0 Å². The normalized spacial score (nSPS) is 15.2. The number of hydrogen-bond acceptors (Lipinski definition) is 6. The van der Waals surface area contributed by atoms with Crippen molar-refractivity contribution in [1.82, 2.24) is 0 Å². The average molecular weight is 485 g/mol. The Bertz CT molecular complexity index is 784. The molecule has 190 valence electrons. The number of carbonyl (C=O) groups is 1. The topological polar surface area (TPSA) is 82.1 Å². The third-order valence-corrected chi connectivity index (χ3v) is 6.93. The van der Waals surface area contributed by atoms with Crippen LogP contribution in [0.15, 0.2) is 12.1 Å². The first-order valence-electron chi connectivity index (χ1n) is 11.9. The second-order valence-electron chi connectivity index (χ2n) is 10.9. The van der Waals surface area contributed by atoms with E-state index in [1.807, 2.05) is 12.1 Å². The minimum atomic E-state index is -3.18. The van der Waals surface area contributed by atoms with Crippen LogP contribution in [0.3, 0.4) is 0 Å². The summed E-state index contributed by atoms with van der Waals surface area (Å²) in [4.78, 5) is 12.3. The van der Waals surface area contributed by atoms with Crippen LogP contribution in [0.5, 0.6) is 5.75 Å². The summed E-state index contributed by atoms with van der Waals surface area (Å²) < 4.78 is 28.2. The van der Waals surface area contributed by atoms with Gasteiger partial charge in [-0.15, -0.1) is 0 Å². The molecule has 1 N–H and O–H groups in total. The molecule has 0 aromatic heterocycles. The van der Waals surface area contributed by atoms with Gasteiger partial charge < -0.3 is 18.9 Å². The summed E-state index contributed by atoms with van der Waals surface area (Å²) in [5, 5.41) is 11.0. The summed E-state index contributed by atoms with van der Waals surface area (Å²) in [5.41, 5.74) is 2.41. The van der Waals surface area contributed by atoms with Crippen LogP contribution in [0.2, 0.25) is 0 Å². The minimum Gasteiger partial charge on any atom is -0.507 e. The molecule has 0 spiro atoms. The van der Waals surface area contributed by atoms with Crippen molar-refractivity contribution in [3.8, 4) is 5.75 Å². The van der Waals surface area contributed by atoms with Gasteiger partial charge in [0.15, 0.2) is 0 Å². The molecule has 0 fully saturated rings. The number of unbranched alkanes of at least 4 members (excludes halogenated alkanes) is 2. The van der Waals surface area contributed by atoms with E-state index in [-0.39, 0.29) is 23.4 Å². The quantitative estimate of drug-likeness (QED) is 0.197. The number of phenolic OH excluding ortho intramolecular Hbond substituents is 1. The van der Waals surface area contributed by atoms with Gasteiger partial charge in [0.2, 0.25) is 0 Å². The lowest BCUT2D eigenvalue weighted by Gasteiger charge is -2.28. The Morgan fingerprint density at radius 2 is 1.61 bits per heavy atom. The number of rotatable bonds is 12. The van der Waals surface area contributed by atoms with Crippen LogP contribution in [-0.4, -0.2) is 37.6 Å². The van der Waals surface area contributed by atoms with Gasteiger partial charge in [-0.3, -0.25) is 9.36 Å². The van der Waals surface area contributed by atoms with Crippen molar-refractivity contribution in [3.63, 3.8) is 0 Å². The molecule has 0 saturated heterocycles. The number of carbonyl (C=O) groups excluding carboxylic acids is 1. The number of ether oxygens (including phenoxy) is 1. The third-order valence-electron chi connectivity index (χ3n) is 5.65. The molecule has 6 nitrogen and oxygen atoms in total. The monoisotopic (exact) mass is 484 g/mol. The second-order valence-corrected chi connectivity index (χ2v) is 13.1. The van der Waals surface area contributed by atoms with Crippen LogP contribution in [0.25, 0.3) is 0 Å². The summed E-state index contributed by atoms with van der Waals surface area (Å²) in [7, 11) is -1.84. The zero-order valence-electron chi connectivity index (χ0n) is 22.1. The first kappa shape index (κ1) is 29.7. The van der Waals surface area contributed by atoms with Gasteiger partial charge in [0.05, 0.1) is 6.61 Å². The molecule has 33 heavy (non-hydrogen) atoms. The predicted molar refractivity (Wildman–Crippen MR) is 134 cm³/mol. The maximum atomic E-state index is 12.3. The maximum Gasteiger partial charge on any atom is 0.327 e. The second kappa shape index (κ2) is 12.4. The van der Waals surface area contributed by atoms with E-state index in [2.05, 4.69) is 48.5 Å². The molecule has 0 heterocycles. The summed E-state index contributed by atoms with van der Waals surface area (Å²) in [5.74, 6) is 0.0740. The zero-order valence-corrected chi connectivity index (χ0v) is 23.0. The van der Waals surface area contributed by atoms with Gasteiger partial charge in [-0.05, 0) is 46.8 Å². The molecule has 0 amide bonds. The molecule has 0 aliphatic rings. The van der Waals surface area contributed by atoms with E-state index in [4.69, 9.17) is 13.8 Å². The molecule has 1 rings (SSSR count). The Hall–Kier alpha value is -1.36. The highest BCUT2D eigenvalue weighted by Crippen LogP contribution is 2.43. The first-order valence-corrected chi connectivity index (χ1v) is 13.9. The van der Waals surface area contributed by atoms with E-state index in [0.717, 1.165) is 36.0 Å². The fourth-order valence-corrected chi connectivity index (χ4v) is 4.06. The van der Waals surface area contributed by atoms with Gasteiger partial charge in [0, 0.05) is 20.2 Å². The fraction of sp³-hybridized carbons (Fsp3) is 0.731. The van der Waals surface area contributed by atoms with Crippen LogP contribution in [0.1, 0.15) is 97.3 Å². The van der Waals surface area contributed by atoms with E-state index in [0.29, 0.717) is 25.0 Å². The van der Waals surface area contributed by atoms with Gasteiger partial charge in [-0.25, -0.2) is 0 Å². The van der Waals surface area contributed by atoms with Gasteiger partial charge in [0.25, 0.3) is 0 Å². The standard InChI is InChI=1S/C26H45O6P/c1-10-11-12-13-23(27)32-20(18-31-33(9,29)30-8)15-14-19-16-21(25(2,3)4)24(28)22(17-19)26(5,6)7/h16-17,20,28H,10-15,18H2,1-9H3. The molecule has 0 saturated carbocycles. The number of hydrogen-bond donors (Lipinski definition) is 1. The van der Waals surface area contributed by atoms with Gasteiger partial charge in [-0.1, -0.05) is 73.4 Å². The van der Waals surface area contributed by atoms with Crippen LogP contribution in [-0.2, 0) is 40.4 Å². The molecule has 0 aliphatic heterocycles. The highest BCUT2D eigenvalue weighted by Gasteiger charge is 2.27. The molecular weight excluding hydrogens is 439 g/mol. The summed E-state index contributed by atoms with van der Waals surface area (Å²) >= 11 is 0. The molecule has 0 bridgehead atoms. The van der Waals surface area contributed by atoms with Crippen molar-refractivity contribution in [3.05, 3.63) is 28.8 Å². The Morgan fingerprint density at radius 3 is 2.06 bits per heavy atom. The van der Waals surface area contributed by atoms with Crippen molar-refractivity contribution < 1.29 is 28.3 Å². The van der Waals surface area contributed by atoms with Crippen molar-refractivity contribution >= 4 is 13.6 Å². The number of aryl methyl sites for hydroxylation is 1. The van der Waals surface area contributed by atoms with Crippen molar-refractivity contribution in [2.24, 2.45) is 0 Å². The molecule has 2 atom stereocenters. The first-order chi connectivity index (χ1) is 15.1. The van der Waals surface area contributed by atoms with Crippen LogP contribution in [0, 0.1) is 0 Å². The number of aromatic hydroxyl groups is 1. The Kier molecular flexibility index (Phi) is 11.1. The SMILES string of the molecule is CCCCCC(=O)OC(CCc1cc(C(C)(C)C)c(O)c(C(C)(C)C)c1)COP(C)(=O)OC. The van der Waals surface area contributed by atoms with Gasteiger partial charge >= 0.3 is 13.6 Å². The van der Waals surface area contributed by atoms with E-state index in [9.17, 15) is 14.5 Å². The van der Waals surface area contributed by atoms with E-state index < -0.39 is 13.7 Å². The fourth-order valence-electron chi connectivity index (χ4n) is 3.52. The largest absolute Gasteiger partial charge is 0.507 e. The van der Waals surface area contributed by atoms with Crippen molar-refractivity contribution in [2.75, 3.05) is 20.4 Å². The lowest BCUT2D eigenvalue weighted by molar-refractivity contribution is -0.151. The van der Waals surface area contributed by atoms with Crippen LogP contribution >= 0.6 is 7.60 Å². The van der Waals surface area contributed by atoms with Crippen LogP contribution < -0.4 is 0 Å². The van der Waals surface area contributed by atoms with Crippen LogP contribution in [0.4, 0.5) is 0 Å². The zero-order chi connectivity index (χ0) is 25.4. The summed E-state index contributed by atoms with van der Waals surface area (Å²) in [6.07, 6.45) is 3.76. The molecular formula is C26H45O6P. The highest BCUT2D eigenvalue weighted by atomic mass is 31.2. The Labute approximate surface area is 200 Å². The van der Waals surface area contributed by atoms with E-state index in [1.165, 1.54) is 13.8 Å². The maximum absolute atomic E-state index is 12.3. The number of esters is 1.